The summed E-state index contributed by atoms with van der Waals surface area (Å²) < 4.78 is 4.82. The Bertz CT molecular complexity index is 221. The van der Waals surface area contributed by atoms with Gasteiger partial charge in [-0.3, -0.25) is 4.79 Å². The highest BCUT2D eigenvalue weighted by molar-refractivity contribution is 5.83. The van der Waals surface area contributed by atoms with Crippen LogP contribution in [0.2, 0.25) is 0 Å². The van der Waals surface area contributed by atoms with Gasteiger partial charge in [0.15, 0.2) is 0 Å². The Morgan fingerprint density at radius 2 is 2.12 bits per heavy atom. The number of nitrogens with two attached hydrogens (primary N) is 1. The minimum absolute atomic E-state index is 0.268. The average Bonchev–Trinajstić information content (AvgIpc) is 2.25. The predicted molar refractivity (Wildman–Crippen MR) is 59.0 cm³/mol. The molecule has 0 saturated heterocycles. The number of carbonyl (C=O) groups is 2. The molecular weight excluding hydrogens is 212 g/mol. The molecule has 0 aromatic rings. The first kappa shape index (κ1) is 14.9. The molecule has 6 nitrogen and oxygen atoms in total. The third-order valence-corrected chi connectivity index (χ3v) is 2.08. The maximum Gasteiger partial charge on any atom is 0.326 e. The highest BCUT2D eigenvalue weighted by Crippen LogP contribution is 1.99. The van der Waals surface area contributed by atoms with Gasteiger partial charge in [-0.05, 0) is 25.8 Å². The fourth-order valence-electron chi connectivity index (χ4n) is 1.22. The number of aliphatic carboxylic acids is 1. The van der Waals surface area contributed by atoms with E-state index in [1.165, 1.54) is 0 Å². The van der Waals surface area contributed by atoms with E-state index in [2.05, 4.69) is 5.32 Å². The van der Waals surface area contributed by atoms with Crippen molar-refractivity contribution in [1.29, 1.82) is 0 Å². The van der Waals surface area contributed by atoms with E-state index in [9.17, 15) is 9.59 Å². The number of amides is 1. The van der Waals surface area contributed by atoms with Gasteiger partial charge < -0.3 is 20.9 Å². The Labute approximate surface area is 95.1 Å². The molecule has 0 aromatic carbocycles. The number of rotatable bonds is 9. The van der Waals surface area contributed by atoms with Gasteiger partial charge in [0.1, 0.15) is 6.04 Å². The Hall–Kier alpha value is -1.14. The van der Waals surface area contributed by atoms with E-state index in [1.54, 1.807) is 7.11 Å². The van der Waals surface area contributed by atoms with Crippen molar-refractivity contribution in [2.45, 2.75) is 31.7 Å². The first-order valence-electron chi connectivity index (χ1n) is 5.33. The minimum atomic E-state index is -1.02. The van der Waals surface area contributed by atoms with Crippen LogP contribution in [0.1, 0.15) is 25.7 Å². The van der Waals surface area contributed by atoms with Gasteiger partial charge in [-0.1, -0.05) is 0 Å². The molecule has 0 fully saturated rings. The zero-order chi connectivity index (χ0) is 12.4. The van der Waals surface area contributed by atoms with Crippen LogP contribution in [0.4, 0.5) is 0 Å². The van der Waals surface area contributed by atoms with Crippen LogP contribution in [0.15, 0.2) is 0 Å². The lowest BCUT2D eigenvalue weighted by molar-refractivity contribution is -0.142. The summed E-state index contributed by atoms with van der Waals surface area (Å²) >= 11 is 0. The van der Waals surface area contributed by atoms with Crippen molar-refractivity contribution in [3.63, 3.8) is 0 Å². The smallest absolute Gasteiger partial charge is 0.326 e. The van der Waals surface area contributed by atoms with Crippen molar-refractivity contribution >= 4 is 11.9 Å². The molecule has 0 aromatic heterocycles. The number of carboxylic acids is 1. The summed E-state index contributed by atoms with van der Waals surface area (Å²) in [6, 6.07) is -0.833. The Morgan fingerprint density at radius 1 is 1.44 bits per heavy atom. The molecule has 0 rings (SSSR count). The van der Waals surface area contributed by atoms with Crippen molar-refractivity contribution in [2.75, 3.05) is 20.3 Å². The summed E-state index contributed by atoms with van der Waals surface area (Å²) in [4.78, 5) is 22.1. The molecule has 16 heavy (non-hydrogen) atoms. The Balaban J connectivity index is 3.92. The summed E-state index contributed by atoms with van der Waals surface area (Å²) in [5.74, 6) is -1.28. The minimum Gasteiger partial charge on any atom is -0.480 e. The lowest BCUT2D eigenvalue weighted by Crippen LogP contribution is -2.40. The molecule has 6 heteroatoms. The third-order valence-electron chi connectivity index (χ3n) is 2.08. The van der Waals surface area contributed by atoms with Crippen molar-refractivity contribution in [2.24, 2.45) is 5.73 Å². The van der Waals surface area contributed by atoms with Crippen LogP contribution in [-0.2, 0) is 14.3 Å². The molecule has 1 amide bonds. The highest BCUT2D eigenvalue weighted by atomic mass is 16.5. The van der Waals surface area contributed by atoms with Crippen molar-refractivity contribution in [3.05, 3.63) is 0 Å². The third kappa shape index (κ3) is 7.19. The number of methoxy groups -OCH3 is 1. The molecule has 4 N–H and O–H groups in total. The average molecular weight is 232 g/mol. The molecule has 1 atom stereocenters. The molecule has 0 heterocycles. The molecule has 0 aliphatic heterocycles. The first-order chi connectivity index (χ1) is 7.61. The second-order valence-corrected chi connectivity index (χ2v) is 3.49. The first-order valence-corrected chi connectivity index (χ1v) is 5.33. The van der Waals surface area contributed by atoms with Gasteiger partial charge in [-0.25, -0.2) is 4.79 Å². The Kier molecular flexibility index (Phi) is 8.46. The van der Waals surface area contributed by atoms with Crippen LogP contribution in [0.25, 0.3) is 0 Å². The lowest BCUT2D eigenvalue weighted by Gasteiger charge is -2.13. The van der Waals surface area contributed by atoms with Crippen LogP contribution in [0.5, 0.6) is 0 Å². The fourth-order valence-corrected chi connectivity index (χ4v) is 1.22. The fraction of sp³-hybridized carbons (Fsp3) is 0.800. The van der Waals surface area contributed by atoms with E-state index in [0.717, 1.165) is 0 Å². The molecule has 94 valence electrons. The van der Waals surface area contributed by atoms with Crippen molar-refractivity contribution in [3.8, 4) is 0 Å². The quantitative estimate of drug-likeness (QED) is 0.475. The number of ether oxygens (including phenoxy) is 1. The summed E-state index contributed by atoms with van der Waals surface area (Å²) in [5, 5.41) is 11.3. The lowest BCUT2D eigenvalue weighted by atomic mass is 10.1. The summed E-state index contributed by atoms with van der Waals surface area (Å²) in [7, 11) is 1.55. The molecule has 0 aliphatic carbocycles. The van der Waals surface area contributed by atoms with Crippen LogP contribution in [0.3, 0.4) is 0 Å². The van der Waals surface area contributed by atoms with E-state index in [-0.39, 0.29) is 12.3 Å². The van der Waals surface area contributed by atoms with Crippen LogP contribution >= 0.6 is 0 Å². The summed E-state index contributed by atoms with van der Waals surface area (Å²) in [6.45, 7) is 0.914. The second-order valence-electron chi connectivity index (χ2n) is 3.49. The zero-order valence-electron chi connectivity index (χ0n) is 9.57. The number of carboxylic acid groups (broad SMARTS) is 1. The maximum absolute atomic E-state index is 11.3. The van der Waals surface area contributed by atoms with Gasteiger partial charge >= 0.3 is 5.97 Å². The monoisotopic (exact) mass is 232 g/mol. The van der Waals surface area contributed by atoms with Crippen LogP contribution < -0.4 is 11.1 Å². The van der Waals surface area contributed by atoms with Crippen LogP contribution in [-0.4, -0.2) is 43.3 Å². The zero-order valence-corrected chi connectivity index (χ0v) is 9.57. The molecule has 0 spiro atoms. The summed E-state index contributed by atoms with van der Waals surface area (Å²) in [5.41, 5.74) is 5.25. The number of hydrogen-bond acceptors (Lipinski definition) is 4. The van der Waals surface area contributed by atoms with Crippen molar-refractivity contribution < 1.29 is 19.4 Å². The molecule has 0 saturated carbocycles. The van der Waals surface area contributed by atoms with E-state index in [0.29, 0.717) is 32.4 Å². The molecule has 0 radical (unpaired) electrons. The van der Waals surface area contributed by atoms with Gasteiger partial charge in [0.05, 0.1) is 0 Å². The maximum atomic E-state index is 11.3. The molecule has 0 aliphatic rings. The number of hydrogen-bond donors (Lipinski definition) is 3. The Morgan fingerprint density at radius 3 is 2.62 bits per heavy atom. The number of nitrogens with one attached hydrogen (secondary N) is 1. The topological polar surface area (TPSA) is 102 Å². The van der Waals surface area contributed by atoms with E-state index in [4.69, 9.17) is 15.6 Å². The van der Waals surface area contributed by atoms with Crippen LogP contribution in [0, 0.1) is 0 Å². The second kappa shape index (κ2) is 9.11. The van der Waals surface area contributed by atoms with Gasteiger partial charge in [-0.2, -0.15) is 0 Å². The van der Waals surface area contributed by atoms with Gasteiger partial charge in [0.25, 0.3) is 0 Å². The molecule has 1 unspecified atom stereocenters. The molecule has 0 bridgehead atoms. The normalized spacial score (nSPS) is 12.1. The van der Waals surface area contributed by atoms with Gasteiger partial charge in [0, 0.05) is 20.1 Å². The van der Waals surface area contributed by atoms with Gasteiger partial charge in [-0.15, -0.1) is 0 Å². The highest BCUT2D eigenvalue weighted by Gasteiger charge is 2.18. The largest absolute Gasteiger partial charge is 0.480 e. The predicted octanol–water partition coefficient (Wildman–Crippen LogP) is -0.279. The number of carbonyl (C=O) groups excluding carboxylic acids is 1. The summed E-state index contributed by atoms with van der Waals surface area (Å²) in [6.07, 6.45) is 1.81. The van der Waals surface area contributed by atoms with E-state index in [1.807, 2.05) is 0 Å². The van der Waals surface area contributed by atoms with Gasteiger partial charge in [0.2, 0.25) is 5.91 Å². The van der Waals surface area contributed by atoms with E-state index >= 15 is 0 Å². The standard InChI is InChI=1S/C10H20N2O4/c1-16-7-3-4-8(10(14)15)12-9(13)5-2-6-11/h8H,2-7,11H2,1H3,(H,12,13)(H,14,15). The molecular formula is C10H20N2O4. The SMILES string of the molecule is COCCCC(NC(=O)CCCN)C(=O)O. The van der Waals surface area contributed by atoms with E-state index < -0.39 is 12.0 Å². The van der Waals surface area contributed by atoms with Crippen molar-refractivity contribution in [1.82, 2.24) is 5.32 Å².